The van der Waals surface area contributed by atoms with Gasteiger partial charge < -0.3 is 4.74 Å². The van der Waals surface area contributed by atoms with Gasteiger partial charge in [-0.15, -0.1) is 5.10 Å². The standard InChI is InChI=1S/C16H11F3N2O/c17-16(18,19)15-20-21(9-22-15)12-5-6-14-11(8-12)7-10-3-1-2-4-13(10)14/h1-6,8H,7,9H2. The second kappa shape index (κ2) is 4.50. The fourth-order valence-corrected chi connectivity index (χ4v) is 2.85. The molecule has 0 amide bonds. The minimum absolute atomic E-state index is 0.222. The number of hydrogen-bond acceptors (Lipinski definition) is 3. The Bertz CT molecular complexity index is 783. The van der Waals surface area contributed by atoms with Crippen LogP contribution >= 0.6 is 0 Å². The van der Waals surface area contributed by atoms with Crippen molar-refractivity contribution in [2.45, 2.75) is 12.6 Å². The van der Waals surface area contributed by atoms with Crippen LogP contribution in [-0.2, 0) is 11.2 Å². The molecule has 2 aromatic rings. The summed E-state index contributed by atoms with van der Waals surface area (Å²) in [7, 11) is 0. The Balaban J connectivity index is 1.67. The summed E-state index contributed by atoms with van der Waals surface area (Å²) in [6.45, 7) is -0.222. The lowest BCUT2D eigenvalue weighted by Crippen LogP contribution is -2.22. The number of alkyl halides is 3. The molecule has 2 aliphatic rings. The Morgan fingerprint density at radius 2 is 1.77 bits per heavy atom. The topological polar surface area (TPSA) is 24.8 Å². The Morgan fingerprint density at radius 3 is 2.55 bits per heavy atom. The van der Waals surface area contributed by atoms with Crippen LogP contribution in [0.25, 0.3) is 11.1 Å². The number of rotatable bonds is 1. The van der Waals surface area contributed by atoms with Gasteiger partial charge in [0.25, 0.3) is 0 Å². The van der Waals surface area contributed by atoms with Crippen LogP contribution in [0.2, 0.25) is 0 Å². The number of nitrogens with zero attached hydrogens (tertiary/aromatic N) is 2. The first-order valence-corrected chi connectivity index (χ1v) is 6.80. The first kappa shape index (κ1) is 13.2. The van der Waals surface area contributed by atoms with Gasteiger partial charge in [-0.3, -0.25) is 0 Å². The average molecular weight is 304 g/mol. The molecule has 0 spiro atoms. The minimum atomic E-state index is -4.55. The van der Waals surface area contributed by atoms with Crippen LogP contribution in [0, 0.1) is 0 Å². The summed E-state index contributed by atoms with van der Waals surface area (Å²) >= 11 is 0. The zero-order chi connectivity index (χ0) is 15.3. The number of benzene rings is 2. The van der Waals surface area contributed by atoms with Gasteiger partial charge in [0.05, 0.1) is 5.69 Å². The molecule has 0 atom stereocenters. The number of halogens is 3. The number of hydrogen-bond donors (Lipinski definition) is 0. The van der Waals surface area contributed by atoms with E-state index in [1.807, 2.05) is 24.3 Å². The quantitative estimate of drug-likeness (QED) is 0.680. The van der Waals surface area contributed by atoms with Gasteiger partial charge in [-0.05, 0) is 40.8 Å². The van der Waals surface area contributed by atoms with Gasteiger partial charge in [0, 0.05) is 0 Å². The number of ether oxygens (including phenoxy) is 1. The third-order valence-electron chi connectivity index (χ3n) is 3.85. The molecule has 0 radical (unpaired) electrons. The summed E-state index contributed by atoms with van der Waals surface area (Å²) < 4.78 is 42.3. The molecule has 112 valence electrons. The maximum atomic E-state index is 12.6. The first-order chi connectivity index (χ1) is 10.5. The van der Waals surface area contributed by atoms with Crippen LogP contribution in [0.1, 0.15) is 11.1 Å². The molecule has 22 heavy (non-hydrogen) atoms. The Kier molecular flexibility index (Phi) is 2.69. The monoisotopic (exact) mass is 304 g/mol. The summed E-state index contributed by atoms with van der Waals surface area (Å²) in [5, 5.41) is 4.74. The Labute approximate surface area is 124 Å². The van der Waals surface area contributed by atoms with Crippen molar-refractivity contribution in [3.05, 3.63) is 53.6 Å². The molecular weight excluding hydrogens is 293 g/mol. The van der Waals surface area contributed by atoms with Gasteiger partial charge in [-0.25, -0.2) is 5.01 Å². The van der Waals surface area contributed by atoms with Crippen LogP contribution in [0.3, 0.4) is 0 Å². The normalized spacial score (nSPS) is 16.1. The molecule has 1 heterocycles. The second-order valence-corrected chi connectivity index (χ2v) is 5.25. The van der Waals surface area contributed by atoms with Gasteiger partial charge >= 0.3 is 12.1 Å². The van der Waals surface area contributed by atoms with Crippen LogP contribution in [-0.4, -0.2) is 18.8 Å². The van der Waals surface area contributed by atoms with E-state index in [1.54, 1.807) is 6.07 Å². The molecule has 2 aromatic carbocycles. The van der Waals surface area contributed by atoms with Crippen molar-refractivity contribution in [2.75, 3.05) is 11.7 Å². The predicted octanol–water partition coefficient (Wildman–Crippen LogP) is 3.93. The van der Waals surface area contributed by atoms with Crippen LogP contribution in [0.5, 0.6) is 0 Å². The van der Waals surface area contributed by atoms with Gasteiger partial charge in [-0.2, -0.15) is 13.2 Å². The highest BCUT2D eigenvalue weighted by molar-refractivity contribution is 5.85. The highest BCUT2D eigenvalue weighted by atomic mass is 19.4. The van der Waals surface area contributed by atoms with Gasteiger partial charge in [0.2, 0.25) is 0 Å². The molecule has 0 saturated carbocycles. The molecule has 0 aromatic heterocycles. The second-order valence-electron chi connectivity index (χ2n) is 5.25. The van der Waals surface area contributed by atoms with Crippen LogP contribution < -0.4 is 5.01 Å². The van der Waals surface area contributed by atoms with E-state index in [-0.39, 0.29) is 6.73 Å². The molecule has 0 bridgehead atoms. The fraction of sp³-hybridized carbons (Fsp3) is 0.188. The lowest BCUT2D eigenvalue weighted by Gasteiger charge is -2.12. The molecule has 6 heteroatoms. The summed E-state index contributed by atoms with van der Waals surface area (Å²) in [6, 6.07) is 13.7. The molecule has 4 rings (SSSR count). The van der Waals surface area contributed by atoms with Gasteiger partial charge in [0.15, 0.2) is 6.73 Å². The maximum Gasteiger partial charge on any atom is 0.470 e. The largest absolute Gasteiger partial charge is 0.470 e. The molecule has 0 fully saturated rings. The predicted molar refractivity (Wildman–Crippen MR) is 76.6 cm³/mol. The molecule has 1 aliphatic heterocycles. The molecule has 0 unspecified atom stereocenters. The smallest absolute Gasteiger partial charge is 0.450 e. The molecule has 1 aliphatic carbocycles. The van der Waals surface area contributed by atoms with Crippen molar-refractivity contribution in [2.24, 2.45) is 5.10 Å². The third-order valence-corrected chi connectivity index (χ3v) is 3.85. The number of fused-ring (bicyclic) bond motifs is 3. The van der Waals surface area contributed by atoms with E-state index in [1.165, 1.54) is 16.1 Å². The van der Waals surface area contributed by atoms with E-state index < -0.39 is 12.1 Å². The molecule has 3 nitrogen and oxygen atoms in total. The van der Waals surface area contributed by atoms with Crippen molar-refractivity contribution in [1.29, 1.82) is 0 Å². The first-order valence-electron chi connectivity index (χ1n) is 6.80. The van der Waals surface area contributed by atoms with E-state index in [0.717, 1.165) is 17.5 Å². The van der Waals surface area contributed by atoms with Gasteiger partial charge in [0.1, 0.15) is 0 Å². The SMILES string of the molecule is FC(F)(F)C1=NN(c2ccc3c(c2)Cc2ccccc2-3)CO1. The van der Waals surface area contributed by atoms with Crippen molar-refractivity contribution < 1.29 is 17.9 Å². The fourth-order valence-electron chi connectivity index (χ4n) is 2.85. The zero-order valence-electron chi connectivity index (χ0n) is 11.4. The van der Waals surface area contributed by atoms with Crippen LogP contribution in [0.15, 0.2) is 47.6 Å². The summed E-state index contributed by atoms with van der Waals surface area (Å²) in [5.41, 5.74) is 5.23. The van der Waals surface area contributed by atoms with Crippen LogP contribution in [0.4, 0.5) is 18.9 Å². The average Bonchev–Trinajstić information content (AvgIpc) is 3.11. The van der Waals surface area contributed by atoms with Crippen molar-refractivity contribution >= 4 is 11.6 Å². The lowest BCUT2D eigenvalue weighted by atomic mass is 10.1. The van der Waals surface area contributed by atoms with E-state index in [4.69, 9.17) is 0 Å². The molecule has 0 saturated heterocycles. The Morgan fingerprint density at radius 1 is 1.00 bits per heavy atom. The number of hydrazone groups is 1. The van der Waals surface area contributed by atoms with Crippen molar-refractivity contribution in [1.82, 2.24) is 0 Å². The summed E-state index contributed by atoms with van der Waals surface area (Å²) in [6.07, 6.45) is -3.77. The lowest BCUT2D eigenvalue weighted by molar-refractivity contribution is -0.0752. The van der Waals surface area contributed by atoms with E-state index in [9.17, 15) is 13.2 Å². The molecule has 0 N–H and O–H groups in total. The number of anilines is 1. The summed E-state index contributed by atoms with van der Waals surface area (Å²) in [5.74, 6) is -1.20. The highest BCUT2D eigenvalue weighted by Gasteiger charge is 2.42. The van der Waals surface area contributed by atoms with E-state index >= 15 is 0 Å². The zero-order valence-corrected chi connectivity index (χ0v) is 11.4. The van der Waals surface area contributed by atoms with Crippen molar-refractivity contribution in [3.63, 3.8) is 0 Å². The summed E-state index contributed by atoms with van der Waals surface area (Å²) in [4.78, 5) is 0. The van der Waals surface area contributed by atoms with Crippen molar-refractivity contribution in [3.8, 4) is 11.1 Å². The Hall–Kier alpha value is -2.50. The molecular formula is C16H11F3N2O. The minimum Gasteiger partial charge on any atom is -0.450 e. The highest BCUT2D eigenvalue weighted by Crippen LogP contribution is 2.38. The van der Waals surface area contributed by atoms with E-state index in [0.29, 0.717) is 5.69 Å². The third kappa shape index (κ3) is 2.03. The van der Waals surface area contributed by atoms with E-state index in [2.05, 4.69) is 22.0 Å². The van der Waals surface area contributed by atoms with Gasteiger partial charge in [-0.1, -0.05) is 30.3 Å². The maximum absolute atomic E-state index is 12.6.